The molecule has 2 aliphatic rings. The van der Waals surface area contributed by atoms with Crippen LogP contribution < -0.4 is 0 Å². The molecule has 0 aromatic carbocycles. The van der Waals surface area contributed by atoms with Gasteiger partial charge in [0.25, 0.3) is 0 Å². The van der Waals surface area contributed by atoms with Gasteiger partial charge in [-0.1, -0.05) is 0 Å². The van der Waals surface area contributed by atoms with Crippen LogP contribution in [0.25, 0.3) is 0 Å². The summed E-state index contributed by atoms with van der Waals surface area (Å²) in [6, 6.07) is -0.614. The molecule has 1 fully saturated rings. The fraction of sp³-hybridized carbons (Fsp3) is 0.643. The second kappa shape index (κ2) is 6.45. The van der Waals surface area contributed by atoms with Crippen LogP contribution in [0.2, 0.25) is 0 Å². The first kappa shape index (κ1) is 16.4. The number of nitrogens with zero attached hydrogens (tertiary/aromatic N) is 1. The van der Waals surface area contributed by atoms with Crippen LogP contribution in [0.3, 0.4) is 0 Å². The third-order valence-corrected chi connectivity index (χ3v) is 3.55. The molecule has 22 heavy (non-hydrogen) atoms. The van der Waals surface area contributed by atoms with Gasteiger partial charge < -0.3 is 19.3 Å². The van der Waals surface area contributed by atoms with E-state index in [1.807, 2.05) is 0 Å². The molecule has 122 valence electrons. The van der Waals surface area contributed by atoms with Crippen molar-refractivity contribution < 1.29 is 33.7 Å². The van der Waals surface area contributed by atoms with Gasteiger partial charge in [-0.15, -0.1) is 0 Å². The SMILES string of the molecule is CC(=O)O[C@H]1[C@H]2[C@H](OC(C)=O)C=CC(O)N2C[C@H]1OC(C)=O. The molecule has 0 aromatic rings. The van der Waals surface area contributed by atoms with Gasteiger partial charge in [0, 0.05) is 27.3 Å². The molecule has 8 nitrogen and oxygen atoms in total. The number of ether oxygens (including phenoxy) is 3. The van der Waals surface area contributed by atoms with E-state index < -0.39 is 48.5 Å². The summed E-state index contributed by atoms with van der Waals surface area (Å²) in [6.45, 7) is 3.93. The molecule has 1 saturated heterocycles. The number of hydrogen-bond donors (Lipinski definition) is 1. The standard InChI is InChI=1S/C14H19NO7/c1-7(16)20-10-4-5-12(19)15-6-11(21-8(2)17)14(13(10)15)22-9(3)18/h4-5,10-14,19H,6H2,1-3H3/t10-,11-,12?,13-,14-/m1/s1. The lowest BCUT2D eigenvalue weighted by Gasteiger charge is -2.36. The number of esters is 3. The highest BCUT2D eigenvalue weighted by Crippen LogP contribution is 2.32. The topological polar surface area (TPSA) is 102 Å². The molecular weight excluding hydrogens is 294 g/mol. The van der Waals surface area contributed by atoms with Crippen molar-refractivity contribution in [2.24, 2.45) is 0 Å². The average Bonchev–Trinajstić information content (AvgIpc) is 2.71. The first-order valence-electron chi connectivity index (χ1n) is 6.93. The number of carbonyl (C=O) groups is 3. The average molecular weight is 313 g/mol. The van der Waals surface area contributed by atoms with Gasteiger partial charge in [-0.05, 0) is 12.2 Å². The Morgan fingerprint density at radius 1 is 1.00 bits per heavy atom. The van der Waals surface area contributed by atoms with Crippen molar-refractivity contribution in [2.75, 3.05) is 6.54 Å². The Morgan fingerprint density at radius 2 is 1.59 bits per heavy atom. The summed E-state index contributed by atoms with van der Waals surface area (Å²) in [5.41, 5.74) is 0. The van der Waals surface area contributed by atoms with Crippen molar-refractivity contribution in [3.8, 4) is 0 Å². The van der Waals surface area contributed by atoms with Crippen molar-refractivity contribution in [1.82, 2.24) is 4.90 Å². The highest BCUT2D eigenvalue weighted by atomic mass is 16.6. The zero-order valence-corrected chi connectivity index (χ0v) is 12.6. The molecule has 0 saturated carbocycles. The third kappa shape index (κ3) is 3.45. The van der Waals surface area contributed by atoms with E-state index in [1.54, 1.807) is 11.0 Å². The maximum absolute atomic E-state index is 11.3. The van der Waals surface area contributed by atoms with E-state index in [0.717, 1.165) is 0 Å². The van der Waals surface area contributed by atoms with Gasteiger partial charge in [0.2, 0.25) is 0 Å². The number of fused-ring (bicyclic) bond motifs is 1. The first-order valence-corrected chi connectivity index (χ1v) is 6.93. The summed E-state index contributed by atoms with van der Waals surface area (Å²) in [5.74, 6) is -1.56. The minimum Gasteiger partial charge on any atom is -0.457 e. The van der Waals surface area contributed by atoms with E-state index in [0.29, 0.717) is 0 Å². The Labute approximate surface area is 127 Å². The molecule has 0 bridgehead atoms. The van der Waals surface area contributed by atoms with Crippen LogP contribution in [-0.2, 0) is 28.6 Å². The highest BCUT2D eigenvalue weighted by molar-refractivity contribution is 5.68. The van der Waals surface area contributed by atoms with E-state index in [1.165, 1.54) is 26.8 Å². The summed E-state index contributed by atoms with van der Waals surface area (Å²) in [7, 11) is 0. The Balaban J connectivity index is 2.29. The molecule has 1 N–H and O–H groups in total. The van der Waals surface area contributed by atoms with Crippen molar-refractivity contribution in [1.29, 1.82) is 0 Å². The second-order valence-electron chi connectivity index (χ2n) is 5.28. The lowest BCUT2D eigenvalue weighted by atomic mass is 10.0. The molecule has 0 radical (unpaired) electrons. The van der Waals surface area contributed by atoms with Crippen LogP contribution >= 0.6 is 0 Å². The zero-order chi connectivity index (χ0) is 16.4. The maximum atomic E-state index is 11.3. The van der Waals surface area contributed by atoms with Crippen molar-refractivity contribution >= 4 is 17.9 Å². The number of carbonyl (C=O) groups excluding carboxylic acids is 3. The molecule has 2 rings (SSSR count). The van der Waals surface area contributed by atoms with Gasteiger partial charge in [-0.25, -0.2) is 0 Å². The van der Waals surface area contributed by atoms with E-state index in [9.17, 15) is 19.5 Å². The lowest BCUT2D eigenvalue weighted by Crippen LogP contribution is -2.53. The molecule has 2 heterocycles. The van der Waals surface area contributed by atoms with E-state index in [-0.39, 0.29) is 6.54 Å². The summed E-state index contributed by atoms with van der Waals surface area (Å²) in [6.07, 6.45) is -0.184. The van der Waals surface area contributed by atoms with Crippen LogP contribution in [0.1, 0.15) is 20.8 Å². The molecule has 0 aromatic heterocycles. The molecule has 0 amide bonds. The molecular formula is C14H19NO7. The quantitative estimate of drug-likeness (QED) is 0.417. The summed E-state index contributed by atoms with van der Waals surface area (Å²) in [4.78, 5) is 35.4. The monoisotopic (exact) mass is 313 g/mol. The van der Waals surface area contributed by atoms with Gasteiger partial charge in [-0.3, -0.25) is 19.3 Å². The fourth-order valence-corrected chi connectivity index (χ4v) is 2.89. The minimum absolute atomic E-state index is 0.172. The van der Waals surface area contributed by atoms with Gasteiger partial charge >= 0.3 is 17.9 Å². The number of hydrogen-bond acceptors (Lipinski definition) is 8. The fourth-order valence-electron chi connectivity index (χ4n) is 2.89. The Morgan fingerprint density at radius 3 is 2.14 bits per heavy atom. The summed E-state index contributed by atoms with van der Waals surface area (Å²) in [5, 5.41) is 10.1. The Bertz CT molecular complexity index is 503. The number of rotatable bonds is 3. The highest BCUT2D eigenvalue weighted by Gasteiger charge is 2.53. The third-order valence-electron chi connectivity index (χ3n) is 3.55. The van der Waals surface area contributed by atoms with E-state index in [4.69, 9.17) is 14.2 Å². The van der Waals surface area contributed by atoms with Gasteiger partial charge in [0.05, 0.1) is 6.04 Å². The zero-order valence-electron chi connectivity index (χ0n) is 12.6. The van der Waals surface area contributed by atoms with E-state index in [2.05, 4.69) is 0 Å². The van der Waals surface area contributed by atoms with Crippen molar-refractivity contribution in [2.45, 2.75) is 51.4 Å². The maximum Gasteiger partial charge on any atom is 0.303 e. The minimum atomic E-state index is -0.935. The van der Waals surface area contributed by atoms with Crippen molar-refractivity contribution in [3.63, 3.8) is 0 Å². The van der Waals surface area contributed by atoms with Gasteiger partial charge in [0.1, 0.15) is 12.3 Å². The first-order chi connectivity index (χ1) is 10.3. The largest absolute Gasteiger partial charge is 0.457 e. The number of aliphatic hydroxyl groups is 1. The van der Waals surface area contributed by atoms with Crippen LogP contribution in [0.15, 0.2) is 12.2 Å². The summed E-state index contributed by atoms with van der Waals surface area (Å²) < 4.78 is 15.6. The normalized spacial score (nSPS) is 33.9. The van der Waals surface area contributed by atoms with Crippen LogP contribution in [0, 0.1) is 0 Å². The predicted octanol–water partition coefficient (Wildman–Crippen LogP) is -0.646. The molecule has 0 aliphatic carbocycles. The van der Waals surface area contributed by atoms with Crippen molar-refractivity contribution in [3.05, 3.63) is 12.2 Å². The lowest BCUT2D eigenvalue weighted by molar-refractivity contribution is -0.167. The van der Waals surface area contributed by atoms with Gasteiger partial charge in [-0.2, -0.15) is 0 Å². The van der Waals surface area contributed by atoms with Gasteiger partial charge in [0.15, 0.2) is 12.2 Å². The second-order valence-corrected chi connectivity index (χ2v) is 5.28. The molecule has 8 heteroatoms. The Kier molecular flexibility index (Phi) is 4.82. The molecule has 2 aliphatic heterocycles. The smallest absolute Gasteiger partial charge is 0.303 e. The molecule has 0 spiro atoms. The molecule has 5 atom stereocenters. The van der Waals surface area contributed by atoms with Crippen LogP contribution in [0.4, 0.5) is 0 Å². The number of aliphatic hydroxyl groups excluding tert-OH is 1. The predicted molar refractivity (Wildman–Crippen MR) is 72.3 cm³/mol. The Hall–Kier alpha value is -1.93. The van der Waals surface area contributed by atoms with E-state index >= 15 is 0 Å². The molecule has 1 unspecified atom stereocenters. The van der Waals surface area contributed by atoms with Crippen LogP contribution in [0.5, 0.6) is 0 Å². The van der Waals surface area contributed by atoms with Crippen LogP contribution in [-0.4, -0.2) is 65.0 Å². The summed E-state index contributed by atoms with van der Waals surface area (Å²) >= 11 is 0.